The fourth-order valence-electron chi connectivity index (χ4n) is 2.86. The Kier molecular flexibility index (Phi) is 4.44. The Morgan fingerprint density at radius 3 is 2.55 bits per heavy atom. The lowest BCUT2D eigenvalue weighted by Gasteiger charge is -2.26. The number of rotatable bonds is 6. The maximum Gasteiger partial charge on any atom is 0.291 e. The second-order valence-corrected chi connectivity index (χ2v) is 7.02. The Hall–Kier alpha value is -0.840. The fraction of sp³-hybridized carbons (Fsp3) is 0.733. The van der Waals surface area contributed by atoms with Crippen LogP contribution in [-0.4, -0.2) is 16.3 Å². The van der Waals surface area contributed by atoms with Crippen LogP contribution in [0.2, 0.25) is 0 Å². The molecule has 0 aromatic carbocycles. The largest absolute Gasteiger partial charge is 0.380 e. The van der Waals surface area contributed by atoms with Gasteiger partial charge in [0.25, 0.3) is 5.56 Å². The van der Waals surface area contributed by atoms with E-state index in [1.807, 2.05) is 0 Å². The van der Waals surface area contributed by atoms with E-state index in [2.05, 4.69) is 26.3 Å². The van der Waals surface area contributed by atoms with E-state index in [0.717, 1.165) is 29.9 Å². The van der Waals surface area contributed by atoms with Crippen LogP contribution in [0, 0.1) is 11.8 Å². The van der Waals surface area contributed by atoms with E-state index in [9.17, 15) is 4.79 Å². The molecule has 3 rings (SSSR count). The first-order chi connectivity index (χ1) is 9.74. The third kappa shape index (κ3) is 3.08. The zero-order valence-corrected chi connectivity index (χ0v) is 13.4. The van der Waals surface area contributed by atoms with Gasteiger partial charge in [0.05, 0.1) is 10.7 Å². The molecule has 0 aliphatic heterocycles. The first-order valence-corrected chi connectivity index (χ1v) is 8.53. The molecule has 1 N–H and O–H groups in total. The minimum absolute atomic E-state index is 0.0138. The van der Waals surface area contributed by atoms with Crippen molar-refractivity contribution in [1.82, 2.24) is 9.78 Å². The molecule has 1 aromatic rings. The van der Waals surface area contributed by atoms with Crippen LogP contribution < -0.4 is 10.9 Å². The van der Waals surface area contributed by atoms with Gasteiger partial charge < -0.3 is 5.32 Å². The maximum atomic E-state index is 12.4. The van der Waals surface area contributed by atoms with Gasteiger partial charge in [-0.3, -0.25) is 4.79 Å². The van der Waals surface area contributed by atoms with E-state index >= 15 is 0 Å². The highest BCUT2D eigenvalue weighted by Gasteiger charge is 2.20. The number of hydrogen-bond donors (Lipinski definition) is 1. The summed E-state index contributed by atoms with van der Waals surface area (Å²) in [5, 5.41) is 7.56. The van der Waals surface area contributed by atoms with Crippen LogP contribution >= 0.6 is 15.9 Å². The third-order valence-electron chi connectivity index (χ3n) is 4.73. The van der Waals surface area contributed by atoms with Crippen molar-refractivity contribution in [3.8, 4) is 0 Å². The lowest BCUT2D eigenvalue weighted by atomic mass is 9.83. The summed E-state index contributed by atoms with van der Waals surface area (Å²) < 4.78 is 2.40. The molecular formula is C15H22BrN3O. The molecule has 0 unspecified atom stereocenters. The Morgan fingerprint density at radius 1 is 1.25 bits per heavy atom. The van der Waals surface area contributed by atoms with Gasteiger partial charge in [0.2, 0.25) is 0 Å². The van der Waals surface area contributed by atoms with Crippen molar-refractivity contribution < 1.29 is 0 Å². The number of hydrogen-bond acceptors (Lipinski definition) is 3. The van der Waals surface area contributed by atoms with Crippen LogP contribution in [0.15, 0.2) is 15.5 Å². The summed E-state index contributed by atoms with van der Waals surface area (Å²) in [5.74, 6) is 1.50. The van der Waals surface area contributed by atoms with Crippen molar-refractivity contribution in [3.63, 3.8) is 0 Å². The maximum absolute atomic E-state index is 12.4. The fourth-order valence-corrected chi connectivity index (χ4v) is 3.26. The van der Waals surface area contributed by atoms with Gasteiger partial charge in [-0.2, -0.15) is 5.10 Å². The Bertz CT molecular complexity index is 520. The molecule has 2 fully saturated rings. The molecule has 5 heteroatoms. The quantitative estimate of drug-likeness (QED) is 0.863. The molecule has 2 aliphatic carbocycles. The number of aromatic nitrogens is 2. The van der Waals surface area contributed by atoms with E-state index in [-0.39, 0.29) is 5.56 Å². The molecule has 0 bridgehead atoms. The van der Waals surface area contributed by atoms with Crippen LogP contribution in [0.25, 0.3) is 0 Å². The van der Waals surface area contributed by atoms with Gasteiger partial charge in [-0.1, -0.05) is 25.7 Å². The minimum Gasteiger partial charge on any atom is -0.380 e. The van der Waals surface area contributed by atoms with Crippen molar-refractivity contribution in [3.05, 3.63) is 21.0 Å². The van der Waals surface area contributed by atoms with E-state index in [0.29, 0.717) is 11.6 Å². The predicted octanol–water partition coefficient (Wildman–Crippen LogP) is 3.41. The molecule has 0 spiro atoms. The van der Waals surface area contributed by atoms with E-state index in [4.69, 9.17) is 0 Å². The molecule has 1 heterocycles. The Morgan fingerprint density at radius 2 is 1.95 bits per heavy atom. The van der Waals surface area contributed by atoms with Crippen LogP contribution in [0.5, 0.6) is 0 Å². The molecule has 0 atom stereocenters. The van der Waals surface area contributed by atoms with Crippen molar-refractivity contribution in [2.75, 3.05) is 11.9 Å². The second-order valence-electron chi connectivity index (χ2n) is 6.16. The first-order valence-electron chi connectivity index (χ1n) is 7.73. The van der Waals surface area contributed by atoms with Crippen LogP contribution in [0.3, 0.4) is 0 Å². The smallest absolute Gasteiger partial charge is 0.291 e. The standard InChI is InChI=1S/C15H22BrN3O/c16-13-9-18-19(10-12-5-2-6-12)15(20)14(13)17-8-7-11-3-1-4-11/h9,11-12,17H,1-8,10H2. The summed E-state index contributed by atoms with van der Waals surface area (Å²) in [6.45, 7) is 1.65. The molecular weight excluding hydrogens is 318 g/mol. The van der Waals surface area contributed by atoms with Crippen molar-refractivity contribution in [2.45, 2.75) is 51.5 Å². The number of halogens is 1. The summed E-state index contributed by atoms with van der Waals surface area (Å²) in [4.78, 5) is 12.4. The zero-order chi connectivity index (χ0) is 13.9. The normalized spacial score (nSPS) is 19.4. The third-order valence-corrected chi connectivity index (χ3v) is 5.33. The zero-order valence-electron chi connectivity index (χ0n) is 11.8. The van der Waals surface area contributed by atoms with Crippen molar-refractivity contribution in [1.29, 1.82) is 0 Å². The molecule has 0 radical (unpaired) electrons. The van der Waals surface area contributed by atoms with Gasteiger partial charge >= 0.3 is 0 Å². The molecule has 110 valence electrons. The molecule has 1 aromatic heterocycles. The molecule has 0 saturated heterocycles. The highest BCUT2D eigenvalue weighted by atomic mass is 79.9. The van der Waals surface area contributed by atoms with E-state index in [1.165, 1.54) is 38.5 Å². The molecule has 4 nitrogen and oxygen atoms in total. The van der Waals surface area contributed by atoms with Gasteiger partial charge in [-0.25, -0.2) is 4.68 Å². The summed E-state index contributed by atoms with van der Waals surface area (Å²) in [5.41, 5.74) is 0.693. The number of anilines is 1. The highest BCUT2D eigenvalue weighted by Crippen LogP contribution is 2.29. The average Bonchev–Trinajstić information content (AvgIpc) is 2.32. The van der Waals surface area contributed by atoms with Crippen LogP contribution in [0.4, 0.5) is 5.69 Å². The monoisotopic (exact) mass is 339 g/mol. The molecule has 2 saturated carbocycles. The summed E-state index contributed by atoms with van der Waals surface area (Å²) in [7, 11) is 0. The van der Waals surface area contributed by atoms with E-state index in [1.54, 1.807) is 10.9 Å². The first kappa shape index (κ1) is 14.1. The van der Waals surface area contributed by atoms with Gasteiger partial charge in [0.1, 0.15) is 5.69 Å². The van der Waals surface area contributed by atoms with Crippen molar-refractivity contribution >= 4 is 21.6 Å². The lowest BCUT2D eigenvalue weighted by Crippen LogP contribution is -2.31. The van der Waals surface area contributed by atoms with Crippen LogP contribution in [0.1, 0.15) is 44.9 Å². The lowest BCUT2D eigenvalue weighted by molar-refractivity contribution is 0.262. The highest BCUT2D eigenvalue weighted by molar-refractivity contribution is 9.10. The topological polar surface area (TPSA) is 46.9 Å². The van der Waals surface area contributed by atoms with Gasteiger partial charge in [-0.05, 0) is 47.0 Å². The minimum atomic E-state index is 0.0138. The second kappa shape index (κ2) is 6.29. The summed E-state index contributed by atoms with van der Waals surface area (Å²) >= 11 is 3.44. The predicted molar refractivity (Wildman–Crippen MR) is 84.0 cm³/mol. The van der Waals surface area contributed by atoms with Gasteiger partial charge in [0.15, 0.2) is 0 Å². The Balaban J connectivity index is 1.64. The molecule has 0 amide bonds. The summed E-state index contributed by atoms with van der Waals surface area (Å²) in [6, 6.07) is 0. The number of nitrogens with zero attached hydrogens (tertiary/aromatic N) is 2. The van der Waals surface area contributed by atoms with Crippen molar-refractivity contribution in [2.24, 2.45) is 11.8 Å². The number of nitrogens with one attached hydrogen (secondary N) is 1. The van der Waals surface area contributed by atoms with E-state index < -0.39 is 0 Å². The molecule has 20 heavy (non-hydrogen) atoms. The van der Waals surface area contributed by atoms with Gasteiger partial charge in [0, 0.05) is 13.1 Å². The Labute approximate surface area is 128 Å². The average molecular weight is 340 g/mol. The summed E-state index contributed by atoms with van der Waals surface area (Å²) in [6.07, 6.45) is 10.7. The van der Waals surface area contributed by atoms with Gasteiger partial charge in [-0.15, -0.1) is 0 Å². The SMILES string of the molecule is O=c1c(NCCC2CCC2)c(Br)cnn1CC1CCC1. The molecule has 2 aliphatic rings. The van der Waals surface area contributed by atoms with Crippen LogP contribution in [-0.2, 0) is 6.54 Å².